The minimum absolute atomic E-state index is 1.13. The van der Waals surface area contributed by atoms with E-state index in [1.165, 1.54) is 65.7 Å². The Balaban J connectivity index is 1.39. The fraction of sp³-hybridized carbons (Fsp3) is 0.0244. The molecule has 6 aromatic carbocycles. The molecule has 2 heterocycles. The largest absolute Gasteiger partial charge is 0.264 e. The molecule has 0 amide bonds. The Morgan fingerprint density at radius 3 is 1.51 bits per heavy atom. The molecular formula is C41H28N2. The number of benzene rings is 6. The molecule has 2 heteroatoms. The zero-order chi connectivity index (χ0) is 28.8. The number of aryl methyl sites for hydroxylation is 1. The molecule has 2 aromatic heterocycles. The molecule has 0 atom stereocenters. The third-order valence-electron chi connectivity index (χ3n) is 8.48. The SMILES string of the molecule is Cc1cncc(-c2ccc(-c3c4ccccc4c(-c4ccc(-c5cccnc5)c5ccccc45)c4ccccc34)cc2)c1. The van der Waals surface area contributed by atoms with Crippen LogP contribution in [-0.2, 0) is 0 Å². The third-order valence-corrected chi connectivity index (χ3v) is 8.48. The molecule has 0 bridgehead atoms. The van der Waals surface area contributed by atoms with E-state index in [0.717, 1.165) is 16.7 Å². The van der Waals surface area contributed by atoms with Crippen molar-refractivity contribution in [1.82, 2.24) is 9.97 Å². The summed E-state index contributed by atoms with van der Waals surface area (Å²) < 4.78 is 0. The highest BCUT2D eigenvalue weighted by Gasteiger charge is 2.19. The second kappa shape index (κ2) is 10.3. The van der Waals surface area contributed by atoms with E-state index in [9.17, 15) is 0 Å². The van der Waals surface area contributed by atoms with E-state index < -0.39 is 0 Å². The lowest BCUT2D eigenvalue weighted by Gasteiger charge is -2.19. The number of aromatic nitrogens is 2. The lowest BCUT2D eigenvalue weighted by atomic mass is 9.83. The summed E-state index contributed by atoms with van der Waals surface area (Å²) >= 11 is 0. The molecule has 43 heavy (non-hydrogen) atoms. The van der Waals surface area contributed by atoms with Crippen LogP contribution in [0.5, 0.6) is 0 Å². The van der Waals surface area contributed by atoms with Gasteiger partial charge in [-0.2, -0.15) is 0 Å². The molecule has 202 valence electrons. The summed E-state index contributed by atoms with van der Waals surface area (Å²) in [5.41, 5.74) is 10.8. The van der Waals surface area contributed by atoms with Gasteiger partial charge < -0.3 is 0 Å². The van der Waals surface area contributed by atoms with E-state index in [1.54, 1.807) is 0 Å². The van der Waals surface area contributed by atoms with Crippen LogP contribution in [0.15, 0.2) is 152 Å². The van der Waals surface area contributed by atoms with Gasteiger partial charge in [-0.3, -0.25) is 9.97 Å². The fourth-order valence-electron chi connectivity index (χ4n) is 6.56. The second-order valence-corrected chi connectivity index (χ2v) is 11.1. The fourth-order valence-corrected chi connectivity index (χ4v) is 6.56. The smallest absolute Gasteiger partial charge is 0.0346 e. The van der Waals surface area contributed by atoms with Gasteiger partial charge in [0.1, 0.15) is 0 Å². The van der Waals surface area contributed by atoms with Crippen molar-refractivity contribution in [1.29, 1.82) is 0 Å². The minimum Gasteiger partial charge on any atom is -0.264 e. The Bertz CT molecular complexity index is 2230. The Hall–Kier alpha value is -5.60. The van der Waals surface area contributed by atoms with Gasteiger partial charge >= 0.3 is 0 Å². The van der Waals surface area contributed by atoms with Crippen LogP contribution in [0.3, 0.4) is 0 Å². The van der Waals surface area contributed by atoms with Crippen LogP contribution in [0, 0.1) is 6.92 Å². The van der Waals surface area contributed by atoms with Gasteiger partial charge in [0.2, 0.25) is 0 Å². The zero-order valence-electron chi connectivity index (χ0n) is 23.8. The molecule has 8 aromatic rings. The first kappa shape index (κ1) is 25.1. The van der Waals surface area contributed by atoms with Gasteiger partial charge in [-0.15, -0.1) is 0 Å². The van der Waals surface area contributed by atoms with Crippen LogP contribution in [0.4, 0.5) is 0 Å². The average molecular weight is 549 g/mol. The van der Waals surface area contributed by atoms with Gasteiger partial charge in [-0.25, -0.2) is 0 Å². The van der Waals surface area contributed by atoms with E-state index in [0.29, 0.717) is 0 Å². The third kappa shape index (κ3) is 4.27. The molecule has 0 aliphatic carbocycles. The van der Waals surface area contributed by atoms with Crippen molar-refractivity contribution < 1.29 is 0 Å². The van der Waals surface area contributed by atoms with Gasteiger partial charge in [0.25, 0.3) is 0 Å². The van der Waals surface area contributed by atoms with Crippen LogP contribution in [0.25, 0.3) is 76.8 Å². The number of pyridine rings is 2. The number of nitrogens with zero attached hydrogens (tertiary/aromatic N) is 2. The highest BCUT2D eigenvalue weighted by Crippen LogP contribution is 2.46. The molecule has 0 unspecified atom stereocenters. The van der Waals surface area contributed by atoms with E-state index in [4.69, 9.17) is 0 Å². The van der Waals surface area contributed by atoms with Gasteiger partial charge in [0, 0.05) is 35.9 Å². The van der Waals surface area contributed by atoms with E-state index in [1.807, 2.05) is 30.9 Å². The van der Waals surface area contributed by atoms with Crippen molar-refractivity contribution in [2.24, 2.45) is 0 Å². The van der Waals surface area contributed by atoms with Crippen molar-refractivity contribution in [3.05, 3.63) is 158 Å². The lowest BCUT2D eigenvalue weighted by Crippen LogP contribution is -1.92. The van der Waals surface area contributed by atoms with Gasteiger partial charge in [0.05, 0.1) is 0 Å². The maximum absolute atomic E-state index is 4.40. The summed E-state index contributed by atoms with van der Waals surface area (Å²) in [5.74, 6) is 0. The molecular weight excluding hydrogens is 520 g/mol. The van der Waals surface area contributed by atoms with Crippen molar-refractivity contribution in [2.75, 3.05) is 0 Å². The predicted molar refractivity (Wildman–Crippen MR) is 181 cm³/mol. The molecule has 0 fully saturated rings. The van der Waals surface area contributed by atoms with Crippen LogP contribution in [0.2, 0.25) is 0 Å². The summed E-state index contributed by atoms with van der Waals surface area (Å²) in [6.45, 7) is 2.08. The van der Waals surface area contributed by atoms with Crippen LogP contribution < -0.4 is 0 Å². The Kier molecular flexibility index (Phi) is 6.05. The number of rotatable bonds is 4. The number of fused-ring (bicyclic) bond motifs is 3. The highest BCUT2D eigenvalue weighted by molar-refractivity contribution is 6.24. The minimum atomic E-state index is 1.13. The monoisotopic (exact) mass is 548 g/mol. The summed E-state index contributed by atoms with van der Waals surface area (Å²) in [5, 5.41) is 7.47. The van der Waals surface area contributed by atoms with Crippen molar-refractivity contribution in [3.63, 3.8) is 0 Å². The molecule has 2 nitrogen and oxygen atoms in total. The summed E-state index contributed by atoms with van der Waals surface area (Å²) in [7, 11) is 0. The summed E-state index contributed by atoms with van der Waals surface area (Å²) in [4.78, 5) is 8.79. The van der Waals surface area contributed by atoms with Crippen molar-refractivity contribution in [3.8, 4) is 44.5 Å². The second-order valence-electron chi connectivity index (χ2n) is 11.1. The quantitative estimate of drug-likeness (QED) is 0.204. The van der Waals surface area contributed by atoms with Crippen molar-refractivity contribution in [2.45, 2.75) is 6.92 Å². The maximum atomic E-state index is 4.40. The lowest BCUT2D eigenvalue weighted by molar-refractivity contribution is 1.27. The van der Waals surface area contributed by atoms with Crippen molar-refractivity contribution >= 4 is 32.3 Å². The van der Waals surface area contributed by atoms with E-state index in [-0.39, 0.29) is 0 Å². The van der Waals surface area contributed by atoms with E-state index in [2.05, 4.69) is 138 Å². The Labute approximate surface area is 251 Å². The van der Waals surface area contributed by atoms with Crippen LogP contribution in [0.1, 0.15) is 5.56 Å². The molecule has 0 spiro atoms. The van der Waals surface area contributed by atoms with Gasteiger partial charge in [0.15, 0.2) is 0 Å². The molecule has 8 rings (SSSR count). The first-order valence-corrected chi connectivity index (χ1v) is 14.6. The van der Waals surface area contributed by atoms with Crippen LogP contribution >= 0.6 is 0 Å². The van der Waals surface area contributed by atoms with Crippen LogP contribution in [-0.4, -0.2) is 9.97 Å². The molecule has 0 radical (unpaired) electrons. The average Bonchev–Trinajstić information content (AvgIpc) is 3.07. The molecule has 0 aliphatic rings. The summed E-state index contributed by atoms with van der Waals surface area (Å²) in [6, 6.07) is 46.3. The first-order chi connectivity index (χ1) is 21.3. The van der Waals surface area contributed by atoms with Gasteiger partial charge in [-0.05, 0) is 90.3 Å². The van der Waals surface area contributed by atoms with E-state index >= 15 is 0 Å². The number of hydrogen-bond donors (Lipinski definition) is 0. The summed E-state index contributed by atoms with van der Waals surface area (Å²) in [6.07, 6.45) is 7.60. The molecule has 0 saturated heterocycles. The maximum Gasteiger partial charge on any atom is 0.0346 e. The molecule has 0 N–H and O–H groups in total. The standard InChI is InChI=1S/C41H28N2/c1-27-23-31(26-43-24-27)28-16-18-29(19-17-28)40-35-12-4-6-14-37(35)41(38-15-7-5-13-36(38)40)39-21-20-32(30-9-8-22-42-25-30)33-10-2-3-11-34(33)39/h2-26H,1H3. The molecule has 0 saturated carbocycles. The number of hydrogen-bond acceptors (Lipinski definition) is 2. The van der Waals surface area contributed by atoms with Gasteiger partial charge in [-0.1, -0.05) is 115 Å². The normalized spacial score (nSPS) is 11.4. The topological polar surface area (TPSA) is 25.8 Å². The first-order valence-electron chi connectivity index (χ1n) is 14.6. The Morgan fingerprint density at radius 2 is 0.907 bits per heavy atom. The Morgan fingerprint density at radius 1 is 0.372 bits per heavy atom. The highest BCUT2D eigenvalue weighted by atomic mass is 14.6. The predicted octanol–water partition coefficient (Wildman–Crippen LogP) is 10.9. The molecule has 0 aliphatic heterocycles. The zero-order valence-corrected chi connectivity index (χ0v) is 23.8.